The van der Waals surface area contributed by atoms with Crippen molar-refractivity contribution in [1.82, 2.24) is 0 Å². The molecule has 0 amide bonds. The van der Waals surface area contributed by atoms with E-state index in [-0.39, 0.29) is 22.9 Å². The molecule has 2 aliphatic carbocycles. The van der Waals surface area contributed by atoms with Crippen LogP contribution in [0.1, 0.15) is 48.8 Å². The number of ketones is 1. The third-order valence-electron chi connectivity index (χ3n) is 6.57. The smallest absolute Gasteiger partial charge is 0.376 e. The first-order chi connectivity index (χ1) is 14.6. The van der Waals surface area contributed by atoms with Crippen molar-refractivity contribution in [3.8, 4) is 5.75 Å². The first-order valence-corrected chi connectivity index (χ1v) is 11.7. The molecular weight excluding hydrogens is 429 g/mol. The number of hydrogen-bond donors (Lipinski definition) is 0. The first-order valence-electron chi connectivity index (χ1n) is 10.3. The van der Waals surface area contributed by atoms with Crippen LogP contribution >= 0.6 is 0 Å². The number of Topliss-reactive ketones (excluding diaryl/α,β-unsaturated/α-hetero) is 1. The zero-order chi connectivity index (χ0) is 22.3. The quantitative estimate of drug-likeness (QED) is 0.478. The zero-order valence-electron chi connectivity index (χ0n) is 16.8. The molecule has 0 saturated heterocycles. The summed E-state index contributed by atoms with van der Waals surface area (Å²) in [6.45, 7) is 0. The molecule has 0 N–H and O–H groups in total. The van der Waals surface area contributed by atoms with Gasteiger partial charge in [-0.25, -0.2) is 0 Å². The lowest BCUT2D eigenvalue weighted by atomic mass is 9.59. The molecule has 1 fully saturated rings. The van der Waals surface area contributed by atoms with Crippen LogP contribution in [0.25, 0.3) is 0 Å². The fourth-order valence-corrected chi connectivity index (χ4v) is 5.64. The van der Waals surface area contributed by atoms with Gasteiger partial charge in [-0.2, -0.15) is 21.6 Å². The molecule has 0 unspecified atom stereocenters. The maximum absolute atomic E-state index is 12.7. The van der Waals surface area contributed by atoms with Gasteiger partial charge in [0.2, 0.25) is 0 Å². The highest BCUT2D eigenvalue weighted by atomic mass is 32.2. The second-order valence-electron chi connectivity index (χ2n) is 8.45. The number of carbonyl (C=O) groups is 1. The molecule has 0 heterocycles. The van der Waals surface area contributed by atoms with Crippen LogP contribution in [0.3, 0.4) is 0 Å². The second kappa shape index (κ2) is 7.97. The molecule has 2 aliphatic rings. The van der Waals surface area contributed by atoms with Crippen LogP contribution in [-0.2, 0) is 33.2 Å². The highest BCUT2D eigenvalue weighted by Gasteiger charge is 2.49. The van der Waals surface area contributed by atoms with Crippen LogP contribution < -0.4 is 4.18 Å². The lowest BCUT2D eigenvalue weighted by Gasteiger charge is -2.44. The summed E-state index contributed by atoms with van der Waals surface area (Å²) >= 11 is 0. The maximum atomic E-state index is 12.7. The van der Waals surface area contributed by atoms with Crippen molar-refractivity contribution in [3.05, 3.63) is 65.2 Å². The average molecular weight is 452 g/mol. The second-order valence-corrected chi connectivity index (χ2v) is 9.99. The number of rotatable bonds is 4. The summed E-state index contributed by atoms with van der Waals surface area (Å²) in [6.07, 6.45) is 4.55. The molecule has 2 aromatic rings. The molecule has 166 valence electrons. The van der Waals surface area contributed by atoms with Crippen molar-refractivity contribution in [1.29, 1.82) is 0 Å². The Hall–Kier alpha value is -2.35. The van der Waals surface area contributed by atoms with Crippen LogP contribution in [-0.4, -0.2) is 19.7 Å². The van der Waals surface area contributed by atoms with Crippen molar-refractivity contribution in [2.45, 2.75) is 55.9 Å². The van der Waals surface area contributed by atoms with E-state index in [1.54, 1.807) is 6.07 Å². The minimum atomic E-state index is -5.73. The van der Waals surface area contributed by atoms with Crippen LogP contribution in [0.5, 0.6) is 5.75 Å². The van der Waals surface area contributed by atoms with Crippen LogP contribution in [0.15, 0.2) is 48.5 Å². The van der Waals surface area contributed by atoms with Gasteiger partial charge >= 0.3 is 15.6 Å². The number of alkyl halides is 3. The number of fused-ring (bicyclic) bond motifs is 3. The van der Waals surface area contributed by atoms with Gasteiger partial charge < -0.3 is 4.18 Å². The highest BCUT2D eigenvalue weighted by Crippen LogP contribution is 2.50. The number of benzene rings is 2. The van der Waals surface area contributed by atoms with E-state index in [1.807, 2.05) is 30.3 Å². The summed E-state index contributed by atoms with van der Waals surface area (Å²) in [5.41, 5.74) is -2.88. The predicted molar refractivity (Wildman–Crippen MR) is 109 cm³/mol. The van der Waals surface area contributed by atoms with Crippen molar-refractivity contribution >= 4 is 15.9 Å². The Morgan fingerprint density at radius 2 is 1.81 bits per heavy atom. The van der Waals surface area contributed by atoms with Gasteiger partial charge in [0, 0.05) is 18.3 Å². The molecule has 1 saturated carbocycles. The molecule has 4 rings (SSSR count). The fraction of sp³-hybridized carbons (Fsp3) is 0.435. The van der Waals surface area contributed by atoms with E-state index in [1.165, 1.54) is 12.1 Å². The molecule has 2 atom stereocenters. The van der Waals surface area contributed by atoms with Gasteiger partial charge in [0.05, 0.1) is 0 Å². The Morgan fingerprint density at radius 3 is 2.52 bits per heavy atom. The Labute approximate surface area is 179 Å². The van der Waals surface area contributed by atoms with Gasteiger partial charge in [-0.3, -0.25) is 4.79 Å². The van der Waals surface area contributed by atoms with E-state index in [2.05, 4.69) is 4.18 Å². The van der Waals surface area contributed by atoms with E-state index in [4.69, 9.17) is 0 Å². The van der Waals surface area contributed by atoms with Gasteiger partial charge in [-0.1, -0.05) is 36.4 Å². The summed E-state index contributed by atoms with van der Waals surface area (Å²) in [4.78, 5) is 12.2. The fourth-order valence-electron chi connectivity index (χ4n) is 5.19. The predicted octanol–water partition coefficient (Wildman–Crippen LogP) is 5.10. The summed E-state index contributed by atoms with van der Waals surface area (Å²) in [7, 11) is -5.73. The lowest BCUT2D eigenvalue weighted by molar-refractivity contribution is -0.123. The largest absolute Gasteiger partial charge is 0.534 e. The molecule has 31 heavy (non-hydrogen) atoms. The molecule has 0 radical (unpaired) electrons. The van der Waals surface area contributed by atoms with E-state index >= 15 is 0 Å². The Kier molecular flexibility index (Phi) is 5.62. The van der Waals surface area contributed by atoms with Crippen molar-refractivity contribution in [2.75, 3.05) is 0 Å². The normalized spacial score (nSPS) is 24.1. The van der Waals surface area contributed by atoms with Gasteiger partial charge in [0.25, 0.3) is 0 Å². The van der Waals surface area contributed by atoms with E-state index in [0.29, 0.717) is 25.7 Å². The first kappa shape index (κ1) is 21.9. The van der Waals surface area contributed by atoms with E-state index < -0.39 is 15.6 Å². The third kappa shape index (κ3) is 4.22. The molecular formula is C23H23F3O4S. The molecule has 0 aromatic heterocycles. The number of carbonyl (C=O) groups excluding carboxylic acids is 1. The van der Waals surface area contributed by atoms with Gasteiger partial charge in [-0.15, -0.1) is 0 Å². The van der Waals surface area contributed by atoms with E-state index in [9.17, 15) is 26.4 Å². The Bertz CT molecular complexity index is 1080. The summed E-state index contributed by atoms with van der Waals surface area (Å²) in [6, 6.07) is 14.4. The summed E-state index contributed by atoms with van der Waals surface area (Å²) < 4.78 is 65.5. The SMILES string of the molecule is O=C1CC[C@@]2(Cc3ccccc3)c3ccc(OS(=O)(=O)C(F)(F)F)cc3CCC[C@@H]2C1. The Morgan fingerprint density at radius 1 is 1.06 bits per heavy atom. The van der Waals surface area contributed by atoms with Gasteiger partial charge in [-0.05, 0) is 66.8 Å². The third-order valence-corrected chi connectivity index (χ3v) is 7.55. The summed E-state index contributed by atoms with van der Waals surface area (Å²) in [5.74, 6) is 0.0468. The molecule has 0 spiro atoms. The molecule has 8 heteroatoms. The Balaban J connectivity index is 1.77. The molecule has 0 aliphatic heterocycles. The van der Waals surface area contributed by atoms with Crippen molar-refractivity contribution in [2.24, 2.45) is 5.92 Å². The van der Waals surface area contributed by atoms with Crippen LogP contribution in [0.2, 0.25) is 0 Å². The average Bonchev–Trinajstić information content (AvgIpc) is 2.84. The summed E-state index contributed by atoms with van der Waals surface area (Å²) in [5, 5.41) is 0. The molecule has 0 bridgehead atoms. The van der Waals surface area contributed by atoms with Crippen molar-refractivity contribution in [3.63, 3.8) is 0 Å². The number of halogens is 3. The number of hydrogen-bond acceptors (Lipinski definition) is 4. The van der Waals surface area contributed by atoms with Crippen LogP contribution in [0, 0.1) is 5.92 Å². The number of aryl methyl sites for hydroxylation is 1. The topological polar surface area (TPSA) is 60.4 Å². The van der Waals surface area contributed by atoms with E-state index in [0.717, 1.165) is 36.0 Å². The zero-order valence-corrected chi connectivity index (χ0v) is 17.6. The van der Waals surface area contributed by atoms with Crippen molar-refractivity contribution < 1.29 is 30.6 Å². The molecule has 2 aromatic carbocycles. The molecule has 4 nitrogen and oxygen atoms in total. The maximum Gasteiger partial charge on any atom is 0.534 e. The van der Waals surface area contributed by atoms with Gasteiger partial charge in [0.1, 0.15) is 11.5 Å². The minimum absolute atomic E-state index is 0.140. The lowest BCUT2D eigenvalue weighted by Crippen LogP contribution is -2.42. The monoisotopic (exact) mass is 452 g/mol. The van der Waals surface area contributed by atoms with Crippen LogP contribution in [0.4, 0.5) is 13.2 Å². The minimum Gasteiger partial charge on any atom is -0.376 e. The highest BCUT2D eigenvalue weighted by molar-refractivity contribution is 7.88. The van der Waals surface area contributed by atoms with Gasteiger partial charge in [0.15, 0.2) is 0 Å². The standard InChI is InChI=1S/C23H23F3O4S/c24-23(25,26)31(28,29)30-20-9-10-21-17(13-20)7-4-8-18-14-19(27)11-12-22(18,21)15-16-5-2-1-3-6-16/h1-3,5-6,9-10,13,18H,4,7-8,11-12,14-15H2/t18-,22+/m1/s1.